The molecule has 3 heterocycles. The van der Waals surface area contributed by atoms with Crippen LogP contribution < -0.4 is 9.64 Å². The van der Waals surface area contributed by atoms with E-state index in [1.807, 2.05) is 44.8 Å². The van der Waals surface area contributed by atoms with E-state index in [9.17, 15) is 4.79 Å². The molecule has 1 unspecified atom stereocenters. The summed E-state index contributed by atoms with van der Waals surface area (Å²) in [6.07, 6.45) is 4.95. The molecular weight excluding hydrogens is 332 g/mol. The number of carbonyl (C=O) groups excluding carboxylic acids is 1. The van der Waals surface area contributed by atoms with Crippen molar-refractivity contribution in [2.24, 2.45) is 7.05 Å². The van der Waals surface area contributed by atoms with Gasteiger partial charge in [0.2, 0.25) is 0 Å². The first kappa shape index (κ1) is 18.2. The van der Waals surface area contributed by atoms with E-state index in [2.05, 4.69) is 15.1 Å². The van der Waals surface area contributed by atoms with Gasteiger partial charge in [-0.25, -0.2) is 9.97 Å². The van der Waals surface area contributed by atoms with Crippen LogP contribution in [0.2, 0.25) is 0 Å². The Morgan fingerprint density at radius 3 is 2.65 bits per heavy atom. The molecule has 0 aliphatic carbocycles. The number of piperidine rings is 1. The Morgan fingerprint density at radius 1 is 1.27 bits per heavy atom. The fraction of sp³-hybridized carbons (Fsp3) is 0.556. The third-order valence-electron chi connectivity index (χ3n) is 4.74. The first-order chi connectivity index (χ1) is 12.4. The molecular formula is C18H26N6O2. The smallest absolute Gasteiger partial charge is 0.257 e. The minimum Gasteiger partial charge on any atom is -0.470 e. The highest BCUT2D eigenvalue weighted by Crippen LogP contribution is 2.25. The number of carbonyl (C=O) groups is 1. The van der Waals surface area contributed by atoms with Crippen LogP contribution in [0.15, 0.2) is 12.4 Å². The minimum absolute atomic E-state index is 0.0216. The summed E-state index contributed by atoms with van der Waals surface area (Å²) in [5.74, 6) is 1.22. The number of hydrogen-bond acceptors (Lipinski definition) is 6. The van der Waals surface area contributed by atoms with E-state index in [0.29, 0.717) is 23.8 Å². The largest absolute Gasteiger partial charge is 0.470 e. The summed E-state index contributed by atoms with van der Waals surface area (Å²) in [4.78, 5) is 25.4. The molecule has 8 nitrogen and oxygen atoms in total. The Hall–Kier alpha value is -2.64. The van der Waals surface area contributed by atoms with Gasteiger partial charge in [-0.2, -0.15) is 5.10 Å². The lowest BCUT2D eigenvalue weighted by Crippen LogP contribution is -2.44. The molecule has 0 spiro atoms. The molecule has 1 atom stereocenters. The van der Waals surface area contributed by atoms with Crippen LogP contribution in [0.1, 0.15) is 34.6 Å². The molecule has 3 rings (SSSR count). The van der Waals surface area contributed by atoms with Crippen molar-refractivity contribution in [1.29, 1.82) is 0 Å². The van der Waals surface area contributed by atoms with Crippen LogP contribution in [0, 0.1) is 13.8 Å². The van der Waals surface area contributed by atoms with Crippen molar-refractivity contribution in [2.75, 3.05) is 32.1 Å². The average Bonchev–Trinajstić information content (AvgIpc) is 2.87. The van der Waals surface area contributed by atoms with Crippen LogP contribution >= 0.6 is 0 Å². The van der Waals surface area contributed by atoms with E-state index < -0.39 is 0 Å². The Labute approximate surface area is 153 Å². The number of likely N-dealkylation sites (tertiary alicyclic amines) is 1. The molecule has 1 fully saturated rings. The quantitative estimate of drug-likeness (QED) is 0.826. The van der Waals surface area contributed by atoms with Gasteiger partial charge in [0, 0.05) is 45.8 Å². The molecule has 0 N–H and O–H groups in total. The lowest BCUT2D eigenvalue weighted by Gasteiger charge is -2.33. The predicted octanol–water partition coefficient (Wildman–Crippen LogP) is 1.58. The molecule has 2 aromatic heterocycles. The summed E-state index contributed by atoms with van der Waals surface area (Å²) in [6, 6.07) is 0. The van der Waals surface area contributed by atoms with Gasteiger partial charge in [-0.1, -0.05) is 0 Å². The first-order valence-electron chi connectivity index (χ1n) is 8.83. The molecule has 0 bridgehead atoms. The molecule has 0 radical (unpaired) electrons. The summed E-state index contributed by atoms with van der Waals surface area (Å²) in [6.45, 7) is 5.07. The topological polar surface area (TPSA) is 76.4 Å². The van der Waals surface area contributed by atoms with Gasteiger partial charge in [0.1, 0.15) is 6.10 Å². The zero-order valence-corrected chi connectivity index (χ0v) is 16.1. The SMILES string of the molecule is Cc1nn(C)c(C)c1C(=O)N1CCCC(Oc2nccnc2N(C)C)C1. The molecule has 1 aliphatic heterocycles. The third kappa shape index (κ3) is 3.49. The summed E-state index contributed by atoms with van der Waals surface area (Å²) in [5.41, 5.74) is 2.35. The number of nitrogens with zero attached hydrogens (tertiary/aromatic N) is 6. The van der Waals surface area contributed by atoms with Crippen molar-refractivity contribution < 1.29 is 9.53 Å². The lowest BCUT2D eigenvalue weighted by molar-refractivity contribution is 0.0527. The van der Waals surface area contributed by atoms with Crippen LogP contribution in [0.5, 0.6) is 5.88 Å². The summed E-state index contributed by atoms with van der Waals surface area (Å²) in [5, 5.41) is 4.36. The van der Waals surface area contributed by atoms with Crippen molar-refractivity contribution in [3.8, 4) is 5.88 Å². The molecule has 1 amide bonds. The van der Waals surface area contributed by atoms with E-state index in [-0.39, 0.29) is 12.0 Å². The van der Waals surface area contributed by atoms with Crippen molar-refractivity contribution in [3.63, 3.8) is 0 Å². The third-order valence-corrected chi connectivity index (χ3v) is 4.74. The Kier molecular flexibility index (Phi) is 5.11. The van der Waals surface area contributed by atoms with Crippen molar-refractivity contribution in [1.82, 2.24) is 24.6 Å². The van der Waals surface area contributed by atoms with Crippen molar-refractivity contribution >= 4 is 11.7 Å². The van der Waals surface area contributed by atoms with E-state index in [1.54, 1.807) is 17.1 Å². The molecule has 140 valence electrons. The highest BCUT2D eigenvalue weighted by Gasteiger charge is 2.29. The second-order valence-electron chi connectivity index (χ2n) is 6.88. The van der Waals surface area contributed by atoms with Crippen LogP contribution in [-0.4, -0.2) is 63.8 Å². The number of rotatable bonds is 4. The fourth-order valence-corrected chi connectivity index (χ4v) is 3.33. The van der Waals surface area contributed by atoms with E-state index in [0.717, 1.165) is 30.8 Å². The predicted molar refractivity (Wildman–Crippen MR) is 98.6 cm³/mol. The highest BCUT2D eigenvalue weighted by atomic mass is 16.5. The van der Waals surface area contributed by atoms with Gasteiger partial charge in [0.25, 0.3) is 11.8 Å². The number of ether oxygens (including phenoxy) is 1. The van der Waals surface area contributed by atoms with Crippen molar-refractivity contribution in [3.05, 3.63) is 29.3 Å². The monoisotopic (exact) mass is 358 g/mol. The van der Waals surface area contributed by atoms with Gasteiger partial charge in [-0.15, -0.1) is 0 Å². The normalized spacial score (nSPS) is 17.3. The summed E-state index contributed by atoms with van der Waals surface area (Å²) < 4.78 is 7.85. The molecule has 0 saturated carbocycles. The fourth-order valence-electron chi connectivity index (χ4n) is 3.33. The lowest BCUT2D eigenvalue weighted by atomic mass is 10.1. The molecule has 2 aromatic rings. The summed E-state index contributed by atoms with van der Waals surface area (Å²) >= 11 is 0. The molecule has 26 heavy (non-hydrogen) atoms. The molecule has 1 aliphatic rings. The Bertz CT molecular complexity index is 801. The minimum atomic E-state index is -0.0969. The zero-order valence-electron chi connectivity index (χ0n) is 16.1. The second kappa shape index (κ2) is 7.31. The number of anilines is 1. The maximum absolute atomic E-state index is 13.0. The van der Waals surface area contributed by atoms with Crippen LogP contribution in [0.25, 0.3) is 0 Å². The van der Waals surface area contributed by atoms with Gasteiger partial charge in [-0.3, -0.25) is 9.48 Å². The molecule has 8 heteroatoms. The van der Waals surface area contributed by atoms with Gasteiger partial charge in [-0.05, 0) is 26.7 Å². The standard InChI is InChI=1S/C18H26N6O2/c1-12-15(13(2)23(5)21-12)18(25)24-10-6-7-14(11-24)26-17-16(22(3)4)19-8-9-20-17/h8-9,14H,6-7,10-11H2,1-5H3. The summed E-state index contributed by atoms with van der Waals surface area (Å²) in [7, 11) is 5.67. The van der Waals surface area contributed by atoms with Crippen LogP contribution in [0.4, 0.5) is 5.82 Å². The second-order valence-corrected chi connectivity index (χ2v) is 6.88. The number of aromatic nitrogens is 4. The van der Waals surface area contributed by atoms with E-state index >= 15 is 0 Å². The first-order valence-corrected chi connectivity index (χ1v) is 8.83. The van der Waals surface area contributed by atoms with E-state index in [1.165, 1.54) is 0 Å². The maximum Gasteiger partial charge on any atom is 0.257 e. The highest BCUT2D eigenvalue weighted by molar-refractivity contribution is 5.96. The average molecular weight is 358 g/mol. The maximum atomic E-state index is 13.0. The van der Waals surface area contributed by atoms with Gasteiger partial charge in [0.15, 0.2) is 5.82 Å². The zero-order chi connectivity index (χ0) is 18.8. The molecule has 1 saturated heterocycles. The Balaban J connectivity index is 1.75. The van der Waals surface area contributed by atoms with E-state index in [4.69, 9.17) is 4.74 Å². The van der Waals surface area contributed by atoms with Crippen LogP contribution in [-0.2, 0) is 7.05 Å². The molecule has 0 aromatic carbocycles. The van der Waals surface area contributed by atoms with Crippen molar-refractivity contribution in [2.45, 2.75) is 32.8 Å². The number of hydrogen-bond donors (Lipinski definition) is 0. The van der Waals surface area contributed by atoms with Gasteiger partial charge >= 0.3 is 0 Å². The Morgan fingerprint density at radius 2 is 2.00 bits per heavy atom. The van der Waals surface area contributed by atoms with Gasteiger partial charge in [0.05, 0.1) is 17.8 Å². The number of amides is 1. The number of aryl methyl sites for hydroxylation is 2. The van der Waals surface area contributed by atoms with Crippen LogP contribution in [0.3, 0.4) is 0 Å². The van der Waals surface area contributed by atoms with Gasteiger partial charge < -0.3 is 14.5 Å².